The minimum atomic E-state index is -0.0710. The summed E-state index contributed by atoms with van der Waals surface area (Å²) in [5, 5.41) is 10.0. The van der Waals surface area contributed by atoms with Crippen LogP contribution in [0.3, 0.4) is 0 Å². The van der Waals surface area contributed by atoms with E-state index in [1.807, 2.05) is 4.90 Å². The molecule has 3 aliphatic heterocycles. The molecule has 4 heterocycles. The molecule has 1 aromatic heterocycles. The molecule has 3 saturated heterocycles. The van der Waals surface area contributed by atoms with Gasteiger partial charge in [0.05, 0.1) is 6.61 Å². The Bertz CT molecular complexity index is 656. The highest BCUT2D eigenvalue weighted by molar-refractivity contribution is 5.95. The first-order valence-corrected chi connectivity index (χ1v) is 10.2. The lowest BCUT2D eigenvalue weighted by Gasteiger charge is -2.56. The van der Waals surface area contributed by atoms with Crippen LogP contribution in [0.5, 0.6) is 5.75 Å². The van der Waals surface area contributed by atoms with E-state index in [9.17, 15) is 9.90 Å². The number of ether oxygens (including phenoxy) is 1. The first-order valence-electron chi connectivity index (χ1n) is 10.2. The van der Waals surface area contributed by atoms with E-state index in [0.29, 0.717) is 49.0 Å². The number of nitrogens with zero attached hydrogens (tertiary/aromatic N) is 3. The second kappa shape index (κ2) is 8.12. The van der Waals surface area contributed by atoms with Gasteiger partial charge in [0.15, 0.2) is 11.4 Å². The fourth-order valence-corrected chi connectivity index (χ4v) is 5.31. The van der Waals surface area contributed by atoms with Crippen molar-refractivity contribution in [1.29, 1.82) is 0 Å². The Kier molecular flexibility index (Phi) is 5.61. The van der Waals surface area contributed by atoms with E-state index >= 15 is 0 Å². The van der Waals surface area contributed by atoms with Gasteiger partial charge in [-0.05, 0) is 49.8 Å². The third kappa shape index (κ3) is 3.56. The number of aliphatic hydroxyl groups excluding tert-OH is 1. The van der Waals surface area contributed by atoms with Crippen LogP contribution < -0.4 is 10.5 Å². The Labute approximate surface area is 160 Å². The van der Waals surface area contributed by atoms with Gasteiger partial charge in [-0.25, -0.2) is 4.98 Å². The molecule has 0 saturated carbocycles. The van der Waals surface area contributed by atoms with Crippen LogP contribution in [-0.2, 0) is 0 Å². The van der Waals surface area contributed by atoms with Gasteiger partial charge in [-0.2, -0.15) is 0 Å². The van der Waals surface area contributed by atoms with Crippen LogP contribution in [0.1, 0.15) is 36.2 Å². The normalized spacial score (nSPS) is 30.7. The molecule has 4 atom stereocenters. The highest BCUT2D eigenvalue weighted by Crippen LogP contribution is 2.41. The maximum Gasteiger partial charge on any atom is 0.276 e. The molecule has 4 rings (SSSR count). The van der Waals surface area contributed by atoms with E-state index in [0.717, 1.165) is 19.5 Å². The quantitative estimate of drug-likeness (QED) is 0.789. The van der Waals surface area contributed by atoms with Gasteiger partial charge in [-0.3, -0.25) is 9.69 Å². The Morgan fingerprint density at radius 3 is 3.00 bits per heavy atom. The average Bonchev–Trinajstić information content (AvgIpc) is 2.72. The third-order valence-corrected chi connectivity index (χ3v) is 6.44. The summed E-state index contributed by atoms with van der Waals surface area (Å²) in [4.78, 5) is 22.0. The Balaban J connectivity index is 1.55. The molecule has 0 aromatic carbocycles. The summed E-state index contributed by atoms with van der Waals surface area (Å²) in [7, 11) is 0. The maximum absolute atomic E-state index is 13.2. The van der Waals surface area contributed by atoms with Gasteiger partial charge in [-0.1, -0.05) is 6.42 Å². The highest BCUT2D eigenvalue weighted by atomic mass is 16.5. The molecule has 2 bridgehead atoms. The molecule has 1 aromatic rings. The fourth-order valence-electron chi connectivity index (χ4n) is 5.31. The van der Waals surface area contributed by atoms with E-state index in [1.54, 1.807) is 18.3 Å². The van der Waals surface area contributed by atoms with Crippen LogP contribution in [0.2, 0.25) is 0 Å². The van der Waals surface area contributed by atoms with E-state index in [-0.39, 0.29) is 18.6 Å². The van der Waals surface area contributed by atoms with Crippen LogP contribution >= 0.6 is 0 Å². The number of carbonyl (C=O) groups is 1. The highest BCUT2D eigenvalue weighted by Gasteiger charge is 2.47. The Morgan fingerprint density at radius 1 is 1.33 bits per heavy atom. The molecule has 1 amide bonds. The third-order valence-electron chi connectivity index (χ3n) is 6.44. The number of aromatic nitrogens is 1. The summed E-state index contributed by atoms with van der Waals surface area (Å²) in [5.74, 6) is 1.23. The number of hydrogen-bond donors (Lipinski definition) is 2. The van der Waals surface area contributed by atoms with Crippen LogP contribution in [0.4, 0.5) is 0 Å². The topological polar surface area (TPSA) is 91.9 Å². The molecule has 148 valence electrons. The predicted molar refractivity (Wildman–Crippen MR) is 102 cm³/mol. The molecule has 7 nitrogen and oxygen atoms in total. The van der Waals surface area contributed by atoms with Crippen LogP contribution in [0.25, 0.3) is 0 Å². The molecule has 0 spiro atoms. The first kappa shape index (κ1) is 18.7. The van der Waals surface area contributed by atoms with Crippen molar-refractivity contribution in [1.82, 2.24) is 14.8 Å². The molecule has 0 aliphatic carbocycles. The number of hydrogen-bond acceptors (Lipinski definition) is 6. The minimum Gasteiger partial charge on any atom is -0.490 e. The smallest absolute Gasteiger partial charge is 0.276 e. The molecule has 3 fully saturated rings. The van der Waals surface area contributed by atoms with Gasteiger partial charge in [0.25, 0.3) is 5.91 Å². The van der Waals surface area contributed by atoms with Gasteiger partial charge in [0.2, 0.25) is 0 Å². The second-order valence-electron chi connectivity index (χ2n) is 8.00. The molecule has 27 heavy (non-hydrogen) atoms. The summed E-state index contributed by atoms with van der Waals surface area (Å²) in [6.45, 7) is 3.45. The molecule has 7 heteroatoms. The predicted octanol–water partition coefficient (Wildman–Crippen LogP) is 0.726. The standard InChI is InChI=1S/C20H30N4O3/c21-6-9-27-18-5-3-7-22-19(18)20(26)23-11-14-10-15(12-23)17(13-25)24-8-2-1-4-16(14)24/h3,5,7,14-17,25H,1-2,4,6,8-13,21H2/t14-,15+,16+,17+/m1/s1. The summed E-state index contributed by atoms with van der Waals surface area (Å²) < 4.78 is 5.64. The van der Waals surface area contributed by atoms with Crippen molar-refractivity contribution < 1.29 is 14.6 Å². The summed E-state index contributed by atoms with van der Waals surface area (Å²) in [6.07, 6.45) is 6.36. The van der Waals surface area contributed by atoms with Gasteiger partial charge in [-0.15, -0.1) is 0 Å². The average molecular weight is 374 g/mol. The minimum absolute atomic E-state index is 0.0710. The lowest BCUT2D eigenvalue weighted by molar-refractivity contribution is -0.0796. The molecule has 0 radical (unpaired) electrons. The number of aliphatic hydroxyl groups is 1. The maximum atomic E-state index is 13.2. The Morgan fingerprint density at radius 2 is 2.19 bits per heavy atom. The van der Waals surface area contributed by atoms with E-state index in [2.05, 4.69) is 9.88 Å². The number of likely N-dealkylation sites (tertiary alicyclic amines) is 1. The van der Waals surface area contributed by atoms with Crippen LogP contribution in [-0.4, -0.2) is 77.3 Å². The Hall–Kier alpha value is -1.70. The number of carbonyl (C=O) groups excluding carboxylic acids is 1. The van der Waals surface area contributed by atoms with Crippen LogP contribution in [0.15, 0.2) is 18.3 Å². The number of fused-ring (bicyclic) bond motifs is 4. The SMILES string of the molecule is NCCOc1cccnc1C(=O)N1C[C@H]2C[C@@H](C1)[C@H](CO)N1CCCC[C@@H]21. The number of nitrogens with two attached hydrogens (primary N) is 1. The summed E-state index contributed by atoms with van der Waals surface area (Å²) in [6, 6.07) is 4.20. The van der Waals surface area contributed by atoms with Crippen molar-refractivity contribution in [2.45, 2.75) is 37.8 Å². The van der Waals surface area contributed by atoms with Crippen molar-refractivity contribution in [3.05, 3.63) is 24.0 Å². The van der Waals surface area contributed by atoms with E-state index in [1.165, 1.54) is 19.3 Å². The summed E-state index contributed by atoms with van der Waals surface area (Å²) >= 11 is 0. The number of rotatable bonds is 5. The van der Waals surface area contributed by atoms with Crippen LogP contribution in [0, 0.1) is 11.8 Å². The molecular formula is C20H30N4O3. The monoisotopic (exact) mass is 374 g/mol. The largest absolute Gasteiger partial charge is 0.490 e. The van der Waals surface area contributed by atoms with Crippen molar-refractivity contribution >= 4 is 5.91 Å². The van der Waals surface area contributed by atoms with E-state index < -0.39 is 0 Å². The molecular weight excluding hydrogens is 344 g/mol. The zero-order valence-corrected chi connectivity index (χ0v) is 15.8. The lowest BCUT2D eigenvalue weighted by Crippen LogP contribution is -2.65. The number of piperidine rings is 3. The fraction of sp³-hybridized carbons (Fsp3) is 0.700. The van der Waals surface area contributed by atoms with Crippen molar-refractivity contribution in [3.63, 3.8) is 0 Å². The molecule has 3 aliphatic rings. The molecule has 0 unspecified atom stereocenters. The zero-order valence-electron chi connectivity index (χ0n) is 15.8. The van der Waals surface area contributed by atoms with Gasteiger partial charge in [0.1, 0.15) is 6.61 Å². The first-order chi connectivity index (χ1) is 13.2. The van der Waals surface area contributed by atoms with Gasteiger partial charge in [0, 0.05) is 37.9 Å². The summed E-state index contributed by atoms with van der Waals surface area (Å²) in [5.41, 5.74) is 5.90. The second-order valence-corrected chi connectivity index (χ2v) is 8.00. The van der Waals surface area contributed by atoms with Crippen molar-refractivity contribution in [2.24, 2.45) is 17.6 Å². The lowest BCUT2D eigenvalue weighted by atomic mass is 9.72. The van der Waals surface area contributed by atoms with Gasteiger partial charge < -0.3 is 20.5 Å². The van der Waals surface area contributed by atoms with E-state index in [4.69, 9.17) is 10.5 Å². The molecule has 3 N–H and O–H groups in total. The van der Waals surface area contributed by atoms with Crippen molar-refractivity contribution in [2.75, 3.05) is 39.4 Å². The number of amides is 1. The van der Waals surface area contributed by atoms with Gasteiger partial charge >= 0.3 is 0 Å². The van der Waals surface area contributed by atoms with Crippen molar-refractivity contribution in [3.8, 4) is 5.75 Å². The zero-order chi connectivity index (χ0) is 18.8. The number of pyridine rings is 1.